The van der Waals surface area contributed by atoms with E-state index in [0.29, 0.717) is 5.91 Å². The number of hydrogen-bond acceptors (Lipinski definition) is 3. The molecule has 1 aromatic carbocycles. The molecule has 0 radical (unpaired) electrons. The number of hydrogen-bond donors (Lipinski definition) is 1. The lowest BCUT2D eigenvalue weighted by Gasteiger charge is -2.30. The molecular formula is C16H25Cl2N3O. The second-order valence-corrected chi connectivity index (χ2v) is 5.78. The Labute approximate surface area is 145 Å². The molecule has 1 amide bonds. The van der Waals surface area contributed by atoms with Gasteiger partial charge >= 0.3 is 0 Å². The van der Waals surface area contributed by atoms with E-state index in [1.165, 1.54) is 5.69 Å². The summed E-state index contributed by atoms with van der Waals surface area (Å²) in [5.74, 6) is 0.502. The van der Waals surface area contributed by atoms with E-state index in [-0.39, 0.29) is 30.7 Å². The molecule has 0 bridgehead atoms. The molecule has 4 nitrogen and oxygen atoms in total. The normalized spacial score (nSPS) is 18.6. The Morgan fingerprint density at radius 3 is 2.41 bits per heavy atom. The van der Waals surface area contributed by atoms with Gasteiger partial charge in [0.15, 0.2) is 0 Å². The summed E-state index contributed by atoms with van der Waals surface area (Å²) in [6, 6.07) is 8.27. The van der Waals surface area contributed by atoms with Gasteiger partial charge < -0.3 is 15.1 Å². The Balaban J connectivity index is 0.00000121. The molecular weight excluding hydrogens is 321 g/mol. The zero-order chi connectivity index (χ0) is 13.9. The van der Waals surface area contributed by atoms with E-state index in [1.807, 2.05) is 17.0 Å². The van der Waals surface area contributed by atoms with Crippen LogP contribution < -0.4 is 15.1 Å². The Hall–Kier alpha value is -0.970. The van der Waals surface area contributed by atoms with E-state index in [2.05, 4.69) is 29.4 Å². The number of carbonyl (C=O) groups excluding carboxylic acids is 1. The average molecular weight is 346 g/mol. The van der Waals surface area contributed by atoms with Crippen molar-refractivity contribution in [3.8, 4) is 0 Å². The van der Waals surface area contributed by atoms with Crippen molar-refractivity contribution in [1.82, 2.24) is 5.32 Å². The van der Waals surface area contributed by atoms with Gasteiger partial charge in [0.1, 0.15) is 0 Å². The Morgan fingerprint density at radius 1 is 1.09 bits per heavy atom. The molecule has 1 N–H and O–H groups in total. The standard InChI is InChI=1S/C16H23N3O.2ClH/c1-18-11-4-12-19(15-6-3-2-5-14(15)18)16(20)13-7-9-17-10-8-13;;/h2-3,5-6,13,17H,4,7-12H2,1H3;2*1H. The van der Waals surface area contributed by atoms with Crippen LogP contribution in [0, 0.1) is 5.92 Å². The zero-order valence-electron chi connectivity index (χ0n) is 13.0. The van der Waals surface area contributed by atoms with E-state index in [0.717, 1.165) is 51.1 Å². The average Bonchev–Trinajstić information content (AvgIpc) is 2.67. The first-order chi connectivity index (χ1) is 9.77. The van der Waals surface area contributed by atoms with Gasteiger partial charge in [-0.15, -0.1) is 24.8 Å². The van der Waals surface area contributed by atoms with Crippen LogP contribution in [0.15, 0.2) is 24.3 Å². The maximum atomic E-state index is 12.9. The Morgan fingerprint density at radius 2 is 1.73 bits per heavy atom. The van der Waals surface area contributed by atoms with Crippen LogP contribution in [0.5, 0.6) is 0 Å². The number of carbonyl (C=O) groups is 1. The van der Waals surface area contributed by atoms with Gasteiger partial charge in [-0.3, -0.25) is 4.79 Å². The molecule has 1 saturated heterocycles. The van der Waals surface area contributed by atoms with E-state index in [1.54, 1.807) is 0 Å². The molecule has 6 heteroatoms. The number of nitrogens with one attached hydrogen (secondary N) is 1. The lowest BCUT2D eigenvalue weighted by molar-refractivity contribution is -0.123. The maximum Gasteiger partial charge on any atom is 0.230 e. The second kappa shape index (κ2) is 8.61. The van der Waals surface area contributed by atoms with Crippen molar-refractivity contribution >= 4 is 42.1 Å². The maximum absolute atomic E-state index is 12.9. The molecule has 3 rings (SSSR count). The van der Waals surface area contributed by atoms with Crippen LogP contribution in [0.2, 0.25) is 0 Å². The fourth-order valence-corrected chi connectivity index (χ4v) is 3.24. The van der Waals surface area contributed by atoms with E-state index >= 15 is 0 Å². The molecule has 1 aromatic rings. The van der Waals surface area contributed by atoms with Gasteiger partial charge in [-0.25, -0.2) is 0 Å². The molecule has 0 aliphatic carbocycles. The summed E-state index contributed by atoms with van der Waals surface area (Å²) >= 11 is 0. The molecule has 2 heterocycles. The van der Waals surface area contributed by atoms with Crippen LogP contribution in [0.3, 0.4) is 0 Å². The first-order valence-corrected chi connectivity index (χ1v) is 7.59. The zero-order valence-corrected chi connectivity index (χ0v) is 14.6. The van der Waals surface area contributed by atoms with E-state index in [9.17, 15) is 4.79 Å². The highest BCUT2D eigenvalue weighted by atomic mass is 35.5. The molecule has 0 unspecified atom stereocenters. The number of para-hydroxylation sites is 2. The van der Waals surface area contributed by atoms with Crippen molar-refractivity contribution in [2.45, 2.75) is 19.3 Å². The Bertz CT molecular complexity index is 492. The first-order valence-electron chi connectivity index (χ1n) is 7.59. The lowest BCUT2D eigenvalue weighted by atomic mass is 9.96. The van der Waals surface area contributed by atoms with Gasteiger partial charge in [-0.2, -0.15) is 0 Å². The third kappa shape index (κ3) is 3.86. The van der Waals surface area contributed by atoms with Crippen LogP contribution in [0.1, 0.15) is 19.3 Å². The number of piperidine rings is 1. The number of rotatable bonds is 1. The highest BCUT2D eigenvalue weighted by Crippen LogP contribution is 2.33. The van der Waals surface area contributed by atoms with Crippen LogP contribution in [-0.2, 0) is 4.79 Å². The minimum Gasteiger partial charge on any atom is -0.373 e. The van der Waals surface area contributed by atoms with Crippen molar-refractivity contribution in [1.29, 1.82) is 0 Å². The fourth-order valence-electron chi connectivity index (χ4n) is 3.24. The topological polar surface area (TPSA) is 35.6 Å². The number of nitrogens with zero attached hydrogens (tertiary/aromatic N) is 2. The number of halogens is 2. The summed E-state index contributed by atoms with van der Waals surface area (Å²) in [5, 5.41) is 3.33. The minimum atomic E-state index is 0. The number of benzene rings is 1. The second-order valence-electron chi connectivity index (χ2n) is 5.78. The molecule has 1 fully saturated rings. The van der Waals surface area contributed by atoms with Crippen molar-refractivity contribution in [2.24, 2.45) is 5.92 Å². The van der Waals surface area contributed by atoms with Gasteiger partial charge in [0.2, 0.25) is 5.91 Å². The summed E-state index contributed by atoms with van der Waals surface area (Å²) in [7, 11) is 2.11. The van der Waals surface area contributed by atoms with Crippen molar-refractivity contribution in [2.75, 3.05) is 43.0 Å². The molecule has 22 heavy (non-hydrogen) atoms. The third-order valence-corrected chi connectivity index (χ3v) is 4.41. The van der Waals surface area contributed by atoms with Crippen LogP contribution in [0.25, 0.3) is 0 Å². The number of fused-ring (bicyclic) bond motifs is 1. The smallest absolute Gasteiger partial charge is 0.230 e. The van der Waals surface area contributed by atoms with Gasteiger partial charge in [-0.1, -0.05) is 12.1 Å². The molecule has 0 saturated carbocycles. The lowest BCUT2D eigenvalue weighted by Crippen LogP contribution is -2.41. The van der Waals surface area contributed by atoms with Gasteiger partial charge in [-0.05, 0) is 44.5 Å². The van der Waals surface area contributed by atoms with Crippen molar-refractivity contribution in [3.63, 3.8) is 0 Å². The van der Waals surface area contributed by atoms with Gasteiger partial charge in [0.05, 0.1) is 11.4 Å². The van der Waals surface area contributed by atoms with E-state index in [4.69, 9.17) is 0 Å². The first kappa shape index (κ1) is 19.1. The van der Waals surface area contributed by atoms with Gasteiger partial charge in [0, 0.05) is 26.1 Å². The molecule has 0 aromatic heterocycles. The van der Waals surface area contributed by atoms with Crippen molar-refractivity contribution < 1.29 is 4.79 Å². The molecule has 0 atom stereocenters. The number of anilines is 2. The van der Waals surface area contributed by atoms with Gasteiger partial charge in [0.25, 0.3) is 0 Å². The van der Waals surface area contributed by atoms with Crippen molar-refractivity contribution in [3.05, 3.63) is 24.3 Å². The predicted octanol–water partition coefficient (Wildman–Crippen LogP) is 2.70. The molecule has 0 spiro atoms. The summed E-state index contributed by atoms with van der Waals surface area (Å²) in [5.41, 5.74) is 2.25. The summed E-state index contributed by atoms with van der Waals surface area (Å²) in [4.78, 5) is 17.1. The molecule has 2 aliphatic heterocycles. The third-order valence-electron chi connectivity index (χ3n) is 4.41. The SMILES string of the molecule is CN1CCCN(C(=O)C2CCNCC2)c2ccccc21.Cl.Cl. The van der Waals surface area contributed by atoms with Crippen LogP contribution >= 0.6 is 24.8 Å². The molecule has 2 aliphatic rings. The predicted molar refractivity (Wildman–Crippen MR) is 96.8 cm³/mol. The van der Waals surface area contributed by atoms with Crippen LogP contribution in [0.4, 0.5) is 11.4 Å². The highest BCUT2D eigenvalue weighted by molar-refractivity contribution is 5.98. The Kier molecular flexibility index (Phi) is 7.46. The monoisotopic (exact) mass is 345 g/mol. The summed E-state index contributed by atoms with van der Waals surface area (Å²) in [6.45, 7) is 3.77. The highest BCUT2D eigenvalue weighted by Gasteiger charge is 2.29. The van der Waals surface area contributed by atoms with E-state index < -0.39 is 0 Å². The quantitative estimate of drug-likeness (QED) is 0.849. The largest absolute Gasteiger partial charge is 0.373 e. The fraction of sp³-hybridized carbons (Fsp3) is 0.562. The summed E-state index contributed by atoms with van der Waals surface area (Å²) in [6.07, 6.45) is 2.96. The number of amides is 1. The summed E-state index contributed by atoms with van der Waals surface area (Å²) < 4.78 is 0. The van der Waals surface area contributed by atoms with Crippen LogP contribution in [-0.4, -0.2) is 39.1 Å². The molecule has 124 valence electrons. The minimum absolute atomic E-state index is 0.